The van der Waals surface area contributed by atoms with Crippen molar-refractivity contribution >= 4 is 51.4 Å². The minimum atomic E-state index is -1.41. The number of esters is 1. The third-order valence-electron chi connectivity index (χ3n) is 11.8. The summed E-state index contributed by atoms with van der Waals surface area (Å²) in [5.74, 6) is -2.67. The molecule has 66 heavy (non-hydrogen) atoms. The van der Waals surface area contributed by atoms with Crippen molar-refractivity contribution in [1.29, 1.82) is 0 Å². The Kier molecular flexibility index (Phi) is 16.9. The molecule has 1 fully saturated rings. The van der Waals surface area contributed by atoms with E-state index in [1.54, 1.807) is 13.1 Å². The smallest absolute Gasteiger partial charge is 0.330 e. The number of H-pyrrole nitrogens is 2. The lowest BCUT2D eigenvalue weighted by molar-refractivity contribution is -0.146. The second-order valence-electron chi connectivity index (χ2n) is 16.6. The summed E-state index contributed by atoms with van der Waals surface area (Å²) in [6, 6.07) is 16.2. The Morgan fingerprint density at radius 3 is 2.42 bits per heavy atom. The van der Waals surface area contributed by atoms with Gasteiger partial charge in [0.2, 0.25) is 17.7 Å². The van der Waals surface area contributed by atoms with E-state index in [1.807, 2.05) is 66.7 Å². The molecule has 1 aliphatic heterocycles. The van der Waals surface area contributed by atoms with Gasteiger partial charge < -0.3 is 51.5 Å². The number of carbonyl (C=O) groups excluding carboxylic acids is 5. The van der Waals surface area contributed by atoms with Crippen LogP contribution in [0.4, 0.5) is 4.79 Å². The molecule has 19 heteroatoms. The molecule has 0 saturated carbocycles. The molecule has 6 rings (SSSR count). The lowest BCUT2D eigenvalue weighted by Crippen LogP contribution is -2.62. The zero-order chi connectivity index (χ0) is 47.3. The normalized spacial score (nSPS) is 17.6. The van der Waals surface area contributed by atoms with Gasteiger partial charge in [-0.15, -0.1) is 0 Å². The molecule has 5 aromatic rings. The van der Waals surface area contributed by atoms with Crippen molar-refractivity contribution < 1.29 is 38.6 Å². The Balaban J connectivity index is 1.23. The highest BCUT2D eigenvalue weighted by molar-refractivity contribution is 5.94. The maximum absolute atomic E-state index is 14.6. The Morgan fingerprint density at radius 2 is 1.67 bits per heavy atom. The molecule has 2 aromatic heterocycles. The summed E-state index contributed by atoms with van der Waals surface area (Å²) < 4.78 is 12.6. The molecule has 0 radical (unpaired) electrons. The Morgan fingerprint density at radius 1 is 0.924 bits per heavy atom. The van der Waals surface area contributed by atoms with E-state index in [0.29, 0.717) is 12.0 Å². The number of nitrogens with one attached hydrogen (secondary N) is 6. The Hall–Kier alpha value is -6.83. The number of ether oxygens (including phenoxy) is 2. The van der Waals surface area contributed by atoms with Crippen LogP contribution in [0, 0.1) is 0 Å². The van der Waals surface area contributed by atoms with E-state index in [-0.39, 0.29) is 39.0 Å². The van der Waals surface area contributed by atoms with Crippen LogP contribution >= 0.6 is 0 Å². The molecule has 1 saturated heterocycles. The summed E-state index contributed by atoms with van der Waals surface area (Å²) >= 11 is 0. The molecule has 1 aliphatic rings. The number of carbonyl (C=O) groups is 5. The van der Waals surface area contributed by atoms with Gasteiger partial charge in [0, 0.05) is 62.2 Å². The summed E-state index contributed by atoms with van der Waals surface area (Å²) in [6.45, 7) is 3.25. The maximum Gasteiger partial charge on any atom is 0.330 e. The third-order valence-corrected chi connectivity index (χ3v) is 11.8. The van der Waals surface area contributed by atoms with Crippen molar-refractivity contribution in [3.8, 4) is 0 Å². The topological polar surface area (TPSA) is 272 Å². The van der Waals surface area contributed by atoms with Crippen molar-refractivity contribution in [3.63, 3.8) is 0 Å². The van der Waals surface area contributed by atoms with Crippen LogP contribution in [0.2, 0.25) is 0 Å². The first-order valence-electron chi connectivity index (χ1n) is 22.2. The van der Waals surface area contributed by atoms with E-state index in [9.17, 15) is 38.7 Å². The van der Waals surface area contributed by atoms with Gasteiger partial charge >= 0.3 is 17.7 Å². The third kappa shape index (κ3) is 12.5. The molecule has 5 amide bonds. The van der Waals surface area contributed by atoms with Crippen LogP contribution in [0.5, 0.6) is 0 Å². The number of rotatable bonds is 21. The van der Waals surface area contributed by atoms with E-state index in [2.05, 4.69) is 38.2 Å². The molecular weight excluding hydrogens is 851 g/mol. The maximum atomic E-state index is 14.6. The number of urea groups is 1. The average molecular weight is 910 g/mol. The lowest BCUT2D eigenvalue weighted by atomic mass is 10.00. The monoisotopic (exact) mass is 909 g/mol. The standard InChI is InChI=1S/C47H59N9O10/c1-4-5-6-11-20-65-45(62)37(23-32-26-49-35-15-10-9-14-34(32)35)52-46(63)51-36(22-29-16-17-30-12-7-8-13-31(30)21-29)42(60)54-41(28(2)55(3)40(59)25-48)43(61)50-27-33-24-38(57)44(66-33)56-19-18-39(58)53-47(56)64/h7-10,12-19,21,26,28,33,36-38,41,44,49,57H,4-6,11,20,22-25,27,48H2,1-3H3,(H,50,61)(H,54,60)(H2,51,52,63)(H,53,58,64)/t28-,33+,36-,37-,38+,41-,44+/m0/s1. The molecule has 3 aromatic carbocycles. The number of nitrogens with two attached hydrogens (primary N) is 1. The van der Waals surface area contributed by atoms with Gasteiger partial charge in [-0.1, -0.05) is 86.8 Å². The Labute approximate surface area is 380 Å². The fourth-order valence-corrected chi connectivity index (χ4v) is 8.00. The quantitative estimate of drug-likeness (QED) is 0.0389. The number of likely N-dealkylation sites (N-methyl/N-ethyl adjacent to an activating group) is 1. The number of hydrogen-bond acceptors (Lipinski definition) is 11. The number of para-hydroxylation sites is 1. The number of hydrogen-bond donors (Lipinski definition) is 8. The van der Waals surface area contributed by atoms with Crippen LogP contribution in [0.3, 0.4) is 0 Å². The number of aromatic amines is 2. The minimum absolute atomic E-state index is 0.00915. The first kappa shape index (κ1) is 48.6. The Bertz CT molecular complexity index is 2610. The molecule has 0 unspecified atom stereocenters. The number of aliphatic hydroxyl groups is 1. The average Bonchev–Trinajstić information content (AvgIpc) is 3.90. The number of nitrogens with zero attached hydrogens (tertiary/aromatic N) is 2. The number of amides is 5. The minimum Gasteiger partial charge on any atom is -0.464 e. The zero-order valence-corrected chi connectivity index (χ0v) is 37.3. The fourth-order valence-electron chi connectivity index (χ4n) is 8.00. The van der Waals surface area contributed by atoms with Crippen molar-refractivity contribution in [2.45, 2.75) is 101 Å². The highest BCUT2D eigenvalue weighted by Crippen LogP contribution is 2.27. The van der Waals surface area contributed by atoms with Crippen LogP contribution < -0.4 is 38.2 Å². The summed E-state index contributed by atoms with van der Waals surface area (Å²) in [4.78, 5) is 99.8. The van der Waals surface area contributed by atoms with Gasteiger partial charge in [-0.05, 0) is 41.3 Å². The number of fused-ring (bicyclic) bond motifs is 2. The molecule has 3 heterocycles. The first-order valence-corrected chi connectivity index (χ1v) is 22.2. The first-order chi connectivity index (χ1) is 31.8. The summed E-state index contributed by atoms with van der Waals surface area (Å²) in [5.41, 5.74) is 6.55. The molecule has 0 spiro atoms. The van der Waals surface area contributed by atoms with E-state index < -0.39 is 83.6 Å². The van der Waals surface area contributed by atoms with Crippen LogP contribution in [-0.2, 0) is 41.5 Å². The van der Waals surface area contributed by atoms with Gasteiger partial charge in [-0.25, -0.2) is 14.4 Å². The van der Waals surface area contributed by atoms with Crippen molar-refractivity contribution in [2.75, 3.05) is 26.7 Å². The van der Waals surface area contributed by atoms with E-state index in [0.717, 1.165) is 57.1 Å². The molecule has 7 atom stereocenters. The second-order valence-corrected chi connectivity index (χ2v) is 16.6. The molecule has 352 valence electrons. The number of aliphatic hydroxyl groups excluding tert-OH is 1. The van der Waals surface area contributed by atoms with Gasteiger partial charge in [0.15, 0.2) is 6.23 Å². The van der Waals surface area contributed by atoms with Crippen molar-refractivity contribution in [2.24, 2.45) is 5.73 Å². The number of unbranched alkanes of at least 4 members (excludes halogenated alkanes) is 3. The molecular formula is C47H59N9O10. The predicted molar refractivity (Wildman–Crippen MR) is 246 cm³/mol. The summed E-state index contributed by atoms with van der Waals surface area (Å²) in [7, 11) is 1.43. The summed E-state index contributed by atoms with van der Waals surface area (Å²) in [5, 5.41) is 24.4. The largest absolute Gasteiger partial charge is 0.464 e. The van der Waals surface area contributed by atoms with Gasteiger partial charge in [-0.3, -0.25) is 28.7 Å². The summed E-state index contributed by atoms with van der Waals surface area (Å²) in [6.07, 6.45) is 3.43. The molecule has 19 nitrogen and oxygen atoms in total. The van der Waals surface area contributed by atoms with E-state index in [1.165, 1.54) is 18.1 Å². The van der Waals surface area contributed by atoms with Crippen LogP contribution in [-0.4, -0.2) is 117 Å². The molecule has 0 bridgehead atoms. The predicted octanol–water partition coefficient (Wildman–Crippen LogP) is 1.87. The van der Waals surface area contributed by atoms with Crippen molar-refractivity contribution in [1.82, 2.24) is 40.7 Å². The second kappa shape index (κ2) is 22.9. The highest BCUT2D eigenvalue weighted by Gasteiger charge is 2.38. The van der Waals surface area contributed by atoms with Crippen LogP contribution in [0.25, 0.3) is 21.7 Å². The van der Waals surface area contributed by atoms with Gasteiger partial charge in [-0.2, -0.15) is 0 Å². The number of aromatic nitrogens is 3. The lowest BCUT2D eigenvalue weighted by Gasteiger charge is -2.33. The SMILES string of the molecule is CCCCCCOC(=O)[C@H](Cc1c[nH]c2ccccc12)NC(=O)N[C@@H](Cc1ccc2ccccc2c1)C(=O)N[C@H](C(=O)NC[C@H]1C[C@@H](O)[C@H](n2ccc(=O)[nH]c2=O)O1)[C@H](C)N(C)C(=O)CN. The highest BCUT2D eigenvalue weighted by atomic mass is 16.5. The van der Waals surface area contributed by atoms with Gasteiger partial charge in [0.25, 0.3) is 5.56 Å². The van der Waals surface area contributed by atoms with Gasteiger partial charge in [0.05, 0.1) is 25.3 Å². The molecule has 0 aliphatic carbocycles. The van der Waals surface area contributed by atoms with Crippen LogP contribution in [0.15, 0.2) is 94.8 Å². The van der Waals surface area contributed by atoms with Crippen molar-refractivity contribution in [3.05, 3.63) is 117 Å². The number of benzene rings is 3. The van der Waals surface area contributed by atoms with Gasteiger partial charge in [0.1, 0.15) is 24.2 Å². The van der Waals surface area contributed by atoms with E-state index in [4.69, 9.17) is 15.2 Å². The zero-order valence-electron chi connectivity index (χ0n) is 37.3. The van der Waals surface area contributed by atoms with E-state index >= 15 is 0 Å². The van der Waals surface area contributed by atoms with Crippen LogP contribution in [0.1, 0.15) is 63.3 Å². The molecule has 9 N–H and O–H groups in total. The fraction of sp³-hybridized carbons (Fsp3) is 0.426.